The Labute approximate surface area is 173 Å². The molecule has 10 heteroatoms. The van der Waals surface area contributed by atoms with Crippen LogP contribution in [0.15, 0.2) is 30.7 Å². The van der Waals surface area contributed by atoms with Crippen LogP contribution in [0.5, 0.6) is 0 Å². The van der Waals surface area contributed by atoms with Gasteiger partial charge in [-0.05, 0) is 25.3 Å². The minimum Gasteiger partial charge on any atom is -0.394 e. The third-order valence-corrected chi connectivity index (χ3v) is 5.53. The van der Waals surface area contributed by atoms with Crippen molar-refractivity contribution in [3.8, 4) is 0 Å². The van der Waals surface area contributed by atoms with Gasteiger partial charge in [0, 0.05) is 25.2 Å². The predicted molar refractivity (Wildman–Crippen MR) is 110 cm³/mol. The van der Waals surface area contributed by atoms with Crippen LogP contribution in [0.2, 0.25) is 5.02 Å². The fourth-order valence-electron chi connectivity index (χ4n) is 3.37. The highest BCUT2D eigenvalue weighted by molar-refractivity contribution is 6.32. The molecule has 1 saturated carbocycles. The lowest BCUT2D eigenvalue weighted by Crippen LogP contribution is -2.49. The number of carbonyl (C=O) groups excluding carboxylic acids is 1. The molecule has 1 atom stereocenters. The van der Waals surface area contributed by atoms with E-state index in [0.717, 1.165) is 18.4 Å². The highest BCUT2D eigenvalue weighted by Crippen LogP contribution is 2.35. The zero-order chi connectivity index (χ0) is 20.6. The van der Waals surface area contributed by atoms with Crippen LogP contribution in [0, 0.1) is 5.92 Å². The van der Waals surface area contributed by atoms with Gasteiger partial charge in [0.25, 0.3) is 0 Å². The number of nitrogens with one attached hydrogen (secondary N) is 2. The molecule has 1 amide bonds. The van der Waals surface area contributed by atoms with Crippen LogP contribution in [-0.2, 0) is 11.3 Å². The maximum atomic E-state index is 12.3. The zero-order valence-corrected chi connectivity index (χ0v) is 17.0. The minimum atomic E-state index is -0.521. The van der Waals surface area contributed by atoms with Gasteiger partial charge in [-0.1, -0.05) is 18.2 Å². The number of nitrogens with zero attached hydrogens (tertiary/aromatic N) is 5. The molecule has 29 heavy (non-hydrogen) atoms. The maximum Gasteiger partial charge on any atom is 0.229 e. The van der Waals surface area contributed by atoms with E-state index in [1.807, 2.05) is 11.8 Å². The molecule has 1 aliphatic carbocycles. The average molecular weight is 418 g/mol. The summed E-state index contributed by atoms with van der Waals surface area (Å²) in [6, 6.07) is 0. The summed E-state index contributed by atoms with van der Waals surface area (Å²) in [5.41, 5.74) is 1.10. The molecule has 0 aromatic carbocycles. The van der Waals surface area contributed by atoms with E-state index in [9.17, 15) is 4.79 Å². The van der Waals surface area contributed by atoms with Gasteiger partial charge < -0.3 is 20.6 Å². The zero-order valence-electron chi connectivity index (χ0n) is 16.2. The number of amides is 1. The number of hydrogen-bond donors (Lipinski definition) is 3. The maximum absolute atomic E-state index is 12.3. The standard InChI is InChI=1S/C19H24ClN7O2/c1-12-9-26(11-19(12,2)25-17(29)13-3-4-13)16-15(20)8-21-18(24-16)23-14-7-22-27(10-14)5-6-28/h7-8,10,13,28H,1,3-6,9,11H2,2H3,(H,25,29)(H,21,23,24)/t19-/m1/s1. The van der Waals surface area contributed by atoms with Gasteiger partial charge in [0.15, 0.2) is 5.82 Å². The Morgan fingerprint density at radius 2 is 2.24 bits per heavy atom. The Hall–Kier alpha value is -2.65. The molecule has 0 spiro atoms. The smallest absolute Gasteiger partial charge is 0.229 e. The second kappa shape index (κ2) is 7.64. The first-order valence-corrected chi connectivity index (χ1v) is 9.94. The first-order chi connectivity index (χ1) is 13.9. The fourth-order valence-corrected chi connectivity index (χ4v) is 3.58. The molecule has 3 N–H and O–H groups in total. The van der Waals surface area contributed by atoms with Crippen molar-refractivity contribution >= 4 is 35.0 Å². The number of aromatic nitrogens is 4. The van der Waals surface area contributed by atoms with Gasteiger partial charge in [-0.25, -0.2) is 4.98 Å². The van der Waals surface area contributed by atoms with Crippen molar-refractivity contribution in [1.29, 1.82) is 0 Å². The molecule has 154 valence electrons. The molecule has 0 unspecified atom stereocenters. The Morgan fingerprint density at radius 1 is 1.45 bits per heavy atom. The Morgan fingerprint density at radius 3 is 2.97 bits per heavy atom. The first kappa shape index (κ1) is 19.7. The molecule has 9 nitrogen and oxygen atoms in total. The molecule has 2 aromatic heterocycles. The average Bonchev–Trinajstić information content (AvgIpc) is 3.38. The molecule has 1 aliphatic heterocycles. The largest absolute Gasteiger partial charge is 0.394 e. The fraction of sp³-hybridized carbons (Fsp3) is 0.474. The van der Waals surface area contributed by atoms with Gasteiger partial charge >= 0.3 is 0 Å². The van der Waals surface area contributed by atoms with Gasteiger partial charge in [-0.15, -0.1) is 0 Å². The molecule has 4 rings (SSSR count). The highest BCUT2D eigenvalue weighted by Gasteiger charge is 2.42. The molecule has 0 radical (unpaired) electrons. The number of anilines is 3. The van der Waals surface area contributed by atoms with Crippen molar-refractivity contribution in [1.82, 2.24) is 25.1 Å². The summed E-state index contributed by atoms with van der Waals surface area (Å²) < 4.78 is 1.62. The lowest BCUT2D eigenvalue weighted by molar-refractivity contribution is -0.123. The Bertz CT molecular complexity index is 942. The third-order valence-electron chi connectivity index (χ3n) is 5.26. The van der Waals surface area contributed by atoms with Crippen LogP contribution in [-0.4, -0.2) is 56.0 Å². The Balaban J connectivity index is 1.49. The predicted octanol–water partition coefficient (Wildman–Crippen LogP) is 1.72. The van der Waals surface area contributed by atoms with E-state index < -0.39 is 5.54 Å². The SMILES string of the molecule is C=C1CN(c2nc(Nc3cnn(CCO)c3)ncc2Cl)C[C@@]1(C)NC(=O)C1CC1. The number of carbonyl (C=O) groups is 1. The van der Waals surface area contributed by atoms with E-state index in [1.165, 1.54) is 0 Å². The summed E-state index contributed by atoms with van der Waals surface area (Å²) in [6.45, 7) is 7.66. The van der Waals surface area contributed by atoms with Gasteiger partial charge in [-0.2, -0.15) is 10.1 Å². The summed E-state index contributed by atoms with van der Waals surface area (Å²) in [5.74, 6) is 1.19. The van der Waals surface area contributed by atoms with Crippen LogP contribution in [0.4, 0.5) is 17.5 Å². The molecule has 1 saturated heterocycles. The molecule has 2 aliphatic rings. The van der Waals surface area contributed by atoms with Crippen molar-refractivity contribution in [3.05, 3.63) is 35.8 Å². The second-order valence-corrected chi connectivity index (χ2v) is 8.17. The van der Waals surface area contributed by atoms with Crippen LogP contribution in [0.3, 0.4) is 0 Å². The normalized spacial score (nSPS) is 21.5. The molecule has 2 aromatic rings. The van der Waals surface area contributed by atoms with Gasteiger partial charge in [-0.3, -0.25) is 9.48 Å². The number of rotatable bonds is 7. The van der Waals surface area contributed by atoms with Crippen LogP contribution < -0.4 is 15.5 Å². The molecule has 0 bridgehead atoms. The third kappa shape index (κ3) is 4.20. The molecular weight excluding hydrogens is 394 g/mol. The minimum absolute atomic E-state index is 0.0115. The van der Waals surface area contributed by atoms with Crippen molar-refractivity contribution in [2.24, 2.45) is 5.92 Å². The van der Waals surface area contributed by atoms with Gasteiger partial charge in [0.05, 0.1) is 36.8 Å². The van der Waals surface area contributed by atoms with Crippen LogP contribution in [0.25, 0.3) is 0 Å². The molecule has 3 heterocycles. The topological polar surface area (TPSA) is 108 Å². The van der Waals surface area contributed by atoms with E-state index in [0.29, 0.717) is 42.1 Å². The second-order valence-electron chi connectivity index (χ2n) is 7.76. The van der Waals surface area contributed by atoms with E-state index in [-0.39, 0.29) is 18.4 Å². The van der Waals surface area contributed by atoms with E-state index in [1.54, 1.807) is 23.3 Å². The summed E-state index contributed by atoms with van der Waals surface area (Å²) >= 11 is 6.38. The van der Waals surface area contributed by atoms with Crippen molar-refractivity contribution in [2.45, 2.75) is 31.8 Å². The summed E-state index contributed by atoms with van der Waals surface area (Å²) in [6.07, 6.45) is 6.86. The van der Waals surface area contributed by atoms with E-state index in [2.05, 4.69) is 32.3 Å². The highest BCUT2D eigenvalue weighted by atomic mass is 35.5. The lowest BCUT2D eigenvalue weighted by Gasteiger charge is -2.27. The summed E-state index contributed by atoms with van der Waals surface area (Å²) in [7, 11) is 0. The van der Waals surface area contributed by atoms with Crippen LogP contribution in [0.1, 0.15) is 19.8 Å². The quantitative estimate of drug-likeness (QED) is 0.588. The number of aliphatic hydroxyl groups is 1. The van der Waals surface area contributed by atoms with E-state index >= 15 is 0 Å². The van der Waals surface area contributed by atoms with E-state index in [4.69, 9.17) is 16.7 Å². The van der Waals surface area contributed by atoms with Crippen molar-refractivity contribution < 1.29 is 9.90 Å². The Kier molecular flexibility index (Phi) is 5.18. The lowest BCUT2D eigenvalue weighted by atomic mass is 9.96. The summed E-state index contributed by atoms with van der Waals surface area (Å²) in [5, 5.41) is 19.8. The number of hydrogen-bond acceptors (Lipinski definition) is 7. The number of aliphatic hydroxyl groups excluding tert-OH is 1. The van der Waals surface area contributed by atoms with Crippen molar-refractivity contribution in [3.63, 3.8) is 0 Å². The number of halogens is 1. The van der Waals surface area contributed by atoms with Crippen LogP contribution >= 0.6 is 11.6 Å². The molecule has 2 fully saturated rings. The first-order valence-electron chi connectivity index (χ1n) is 9.56. The monoisotopic (exact) mass is 417 g/mol. The summed E-state index contributed by atoms with van der Waals surface area (Å²) in [4.78, 5) is 23.1. The van der Waals surface area contributed by atoms with Gasteiger partial charge in [0.2, 0.25) is 11.9 Å². The van der Waals surface area contributed by atoms with Gasteiger partial charge in [0.1, 0.15) is 5.02 Å². The molecular formula is C19H24ClN7O2. The van der Waals surface area contributed by atoms with Crippen molar-refractivity contribution in [2.75, 3.05) is 29.9 Å².